The first-order valence-electron chi connectivity index (χ1n) is 12.0. The zero-order valence-corrected chi connectivity index (χ0v) is 21.8. The van der Waals surface area contributed by atoms with Crippen LogP contribution in [0.1, 0.15) is 47.4 Å². The van der Waals surface area contributed by atoms with Gasteiger partial charge in [0.2, 0.25) is 5.91 Å². The largest absolute Gasteiger partial charge is 0.491 e. The normalized spacial score (nSPS) is 14.6. The van der Waals surface area contributed by atoms with Crippen LogP contribution in [0.15, 0.2) is 48.5 Å². The minimum absolute atomic E-state index is 0.0198. The first-order chi connectivity index (χ1) is 17.6. The lowest BCUT2D eigenvalue weighted by atomic mass is 10.1. The first-order valence-corrected chi connectivity index (χ1v) is 12.4. The molecule has 9 heteroatoms. The summed E-state index contributed by atoms with van der Waals surface area (Å²) in [5.41, 5.74) is 2.85. The Morgan fingerprint density at radius 3 is 2.62 bits per heavy atom. The second-order valence-electron chi connectivity index (χ2n) is 9.31. The quantitative estimate of drug-likeness (QED) is 0.505. The molecule has 2 aliphatic rings. The van der Waals surface area contributed by atoms with Crippen molar-refractivity contribution in [3.8, 4) is 17.6 Å². The minimum atomic E-state index is -1.04. The van der Waals surface area contributed by atoms with Gasteiger partial charge in [0.05, 0.1) is 25.3 Å². The van der Waals surface area contributed by atoms with E-state index in [-0.39, 0.29) is 11.8 Å². The zero-order valence-electron chi connectivity index (χ0n) is 21.0. The lowest BCUT2D eigenvalue weighted by Gasteiger charge is -2.16. The number of anilines is 1. The van der Waals surface area contributed by atoms with Crippen molar-refractivity contribution in [2.75, 3.05) is 25.1 Å². The molecule has 0 unspecified atom stereocenters. The molecule has 0 saturated heterocycles. The molecule has 1 aromatic heterocycles. The lowest BCUT2D eigenvalue weighted by molar-refractivity contribution is -0.118. The van der Waals surface area contributed by atoms with Crippen molar-refractivity contribution >= 4 is 29.1 Å². The number of aliphatic hydroxyl groups is 1. The Balaban J connectivity index is 0.000000173. The van der Waals surface area contributed by atoms with Crippen molar-refractivity contribution in [3.05, 3.63) is 76.1 Å². The van der Waals surface area contributed by atoms with Gasteiger partial charge in [0, 0.05) is 24.7 Å². The van der Waals surface area contributed by atoms with Crippen LogP contribution < -0.4 is 15.0 Å². The summed E-state index contributed by atoms with van der Waals surface area (Å²) in [6.45, 7) is 4.86. The number of ether oxygens (including phenoxy) is 1. The van der Waals surface area contributed by atoms with Gasteiger partial charge in [0.15, 0.2) is 5.69 Å². The van der Waals surface area contributed by atoms with Crippen LogP contribution >= 0.6 is 11.6 Å². The third-order valence-corrected chi connectivity index (χ3v) is 6.24. The highest BCUT2D eigenvalue weighted by Crippen LogP contribution is 2.31. The van der Waals surface area contributed by atoms with Crippen LogP contribution in [0.5, 0.6) is 5.75 Å². The topological polar surface area (TPSA) is 96.7 Å². The zero-order chi connectivity index (χ0) is 26.6. The van der Waals surface area contributed by atoms with Gasteiger partial charge in [0.25, 0.3) is 5.91 Å². The Bertz CT molecular complexity index is 1370. The summed E-state index contributed by atoms with van der Waals surface area (Å²) in [4.78, 5) is 25.0. The van der Waals surface area contributed by atoms with E-state index in [1.807, 2.05) is 36.4 Å². The molecule has 0 spiro atoms. The molecule has 2 aromatic carbocycles. The summed E-state index contributed by atoms with van der Waals surface area (Å²) < 4.78 is 7.22. The van der Waals surface area contributed by atoms with E-state index < -0.39 is 5.60 Å². The molecule has 0 fully saturated rings. The molecule has 2 aliphatic heterocycles. The van der Waals surface area contributed by atoms with Crippen LogP contribution in [0.4, 0.5) is 5.69 Å². The van der Waals surface area contributed by atoms with Crippen LogP contribution in [0.2, 0.25) is 5.15 Å². The van der Waals surface area contributed by atoms with Crippen LogP contribution in [0, 0.1) is 11.8 Å². The second-order valence-corrected chi connectivity index (χ2v) is 9.67. The Morgan fingerprint density at radius 1 is 1.16 bits per heavy atom. The Morgan fingerprint density at radius 2 is 1.92 bits per heavy atom. The molecule has 0 atom stereocenters. The fraction of sp³-hybridized carbons (Fsp3) is 0.321. The molecule has 0 saturated carbocycles. The first kappa shape index (κ1) is 26.3. The summed E-state index contributed by atoms with van der Waals surface area (Å²) in [6.07, 6.45) is 1.12. The fourth-order valence-electron chi connectivity index (χ4n) is 3.88. The van der Waals surface area contributed by atoms with Gasteiger partial charge >= 0.3 is 0 Å². The molecule has 0 aliphatic carbocycles. The van der Waals surface area contributed by atoms with Crippen molar-refractivity contribution < 1.29 is 19.4 Å². The Kier molecular flexibility index (Phi) is 7.86. The summed E-state index contributed by atoms with van der Waals surface area (Å²) in [5.74, 6) is 6.21. The molecule has 5 rings (SSSR count). The number of nitrogens with zero attached hydrogens (tertiary/aromatic N) is 3. The summed E-state index contributed by atoms with van der Waals surface area (Å²) in [6, 6.07) is 15.4. The van der Waals surface area contributed by atoms with Crippen LogP contribution in [0.3, 0.4) is 0 Å². The van der Waals surface area contributed by atoms with E-state index in [9.17, 15) is 14.7 Å². The van der Waals surface area contributed by atoms with E-state index in [4.69, 9.17) is 16.3 Å². The molecular formula is C28H29ClN4O4. The molecule has 2 N–H and O–H groups in total. The van der Waals surface area contributed by atoms with Gasteiger partial charge < -0.3 is 20.1 Å². The van der Waals surface area contributed by atoms with Crippen molar-refractivity contribution in [3.63, 3.8) is 0 Å². The molecule has 2 amide bonds. The minimum Gasteiger partial charge on any atom is -0.491 e. The monoisotopic (exact) mass is 520 g/mol. The number of aromatic nitrogens is 2. The van der Waals surface area contributed by atoms with E-state index in [1.54, 1.807) is 42.6 Å². The van der Waals surface area contributed by atoms with Crippen LogP contribution in [0.25, 0.3) is 0 Å². The molecular weight excluding hydrogens is 492 g/mol. The van der Waals surface area contributed by atoms with Gasteiger partial charge in [-0.1, -0.05) is 53.8 Å². The van der Waals surface area contributed by atoms with Crippen molar-refractivity contribution in [2.45, 2.75) is 38.8 Å². The van der Waals surface area contributed by atoms with Crippen LogP contribution in [-0.2, 0) is 17.8 Å². The van der Waals surface area contributed by atoms with E-state index in [0.717, 1.165) is 23.1 Å². The molecule has 0 radical (unpaired) electrons. The van der Waals surface area contributed by atoms with E-state index in [1.165, 1.54) is 0 Å². The lowest BCUT2D eigenvalue weighted by Crippen LogP contribution is -2.31. The number of hydrogen-bond acceptors (Lipinski definition) is 5. The van der Waals surface area contributed by atoms with Gasteiger partial charge in [-0.05, 0) is 44.0 Å². The number of carbonyl (C=O) groups excluding carboxylic acids is 2. The van der Waals surface area contributed by atoms with E-state index in [0.29, 0.717) is 48.4 Å². The number of hydrogen-bond donors (Lipinski definition) is 2. The van der Waals surface area contributed by atoms with Gasteiger partial charge in [-0.3, -0.25) is 9.59 Å². The number of amides is 2. The number of rotatable bonds is 2. The average molecular weight is 521 g/mol. The van der Waals surface area contributed by atoms with Gasteiger partial charge in [-0.15, -0.1) is 0 Å². The smallest absolute Gasteiger partial charge is 0.272 e. The maximum atomic E-state index is 11.8. The molecule has 8 nitrogen and oxygen atoms in total. The van der Waals surface area contributed by atoms with E-state index in [2.05, 4.69) is 22.3 Å². The maximum absolute atomic E-state index is 11.8. The summed E-state index contributed by atoms with van der Waals surface area (Å²) >= 11 is 6.28. The van der Waals surface area contributed by atoms with Gasteiger partial charge in [-0.2, -0.15) is 5.10 Å². The van der Waals surface area contributed by atoms with Crippen molar-refractivity contribution in [1.82, 2.24) is 15.1 Å². The fourth-order valence-corrected chi connectivity index (χ4v) is 4.16. The molecule has 3 heterocycles. The van der Waals surface area contributed by atoms with Crippen molar-refractivity contribution in [1.29, 1.82) is 0 Å². The van der Waals surface area contributed by atoms with Gasteiger partial charge in [-0.25, -0.2) is 4.68 Å². The van der Waals surface area contributed by atoms with Crippen LogP contribution in [-0.4, -0.2) is 52.5 Å². The highest BCUT2D eigenvalue weighted by Gasteiger charge is 2.25. The van der Waals surface area contributed by atoms with E-state index >= 15 is 0 Å². The number of fused-ring (bicyclic) bond motifs is 2. The predicted octanol–water partition coefficient (Wildman–Crippen LogP) is 3.43. The van der Waals surface area contributed by atoms with Crippen molar-refractivity contribution in [2.24, 2.45) is 0 Å². The highest BCUT2D eigenvalue weighted by molar-refractivity contribution is 6.31. The SMILES string of the molecule is CN1C(=O)CCOc2ccc(C#CC(C)(C)O)cc21.O=C1NCCc2c1nn(Cc1ccccc1)c2Cl. The highest BCUT2D eigenvalue weighted by atomic mass is 35.5. The number of nitrogens with one attached hydrogen (secondary N) is 1. The summed E-state index contributed by atoms with van der Waals surface area (Å²) in [5, 5.41) is 17.2. The maximum Gasteiger partial charge on any atom is 0.272 e. The third-order valence-electron chi connectivity index (χ3n) is 5.81. The summed E-state index contributed by atoms with van der Waals surface area (Å²) in [7, 11) is 1.73. The Hall–Kier alpha value is -3.80. The Labute approximate surface area is 221 Å². The number of benzene rings is 2. The third kappa shape index (κ3) is 6.50. The molecule has 3 aromatic rings. The number of halogens is 1. The number of carbonyl (C=O) groups is 2. The predicted molar refractivity (Wildman–Crippen MR) is 142 cm³/mol. The van der Waals surface area contributed by atoms with Gasteiger partial charge in [0.1, 0.15) is 16.5 Å². The standard InChI is InChI=1S/C15H17NO3.C13H12ClN3O/c1-15(2,18)8-6-11-4-5-13-12(10-11)16(3)14(17)7-9-19-13;14-12-10-6-7-15-13(18)11(10)16-17(12)8-9-4-2-1-3-5-9/h4-5,10,18H,7,9H2,1-3H3;1-5H,6-8H2,(H,15,18). The molecule has 37 heavy (non-hydrogen) atoms. The average Bonchev–Trinajstić information content (AvgIpc) is 3.11. The molecule has 192 valence electrons. The second kappa shape index (κ2) is 11.1. The molecule has 0 bridgehead atoms.